The van der Waals surface area contributed by atoms with Crippen molar-refractivity contribution < 1.29 is 0 Å². The van der Waals surface area contributed by atoms with Crippen LogP contribution in [-0.4, -0.2) is 35.6 Å². The van der Waals surface area contributed by atoms with Crippen LogP contribution in [0.15, 0.2) is 6.07 Å². The Labute approximate surface area is 103 Å². The Morgan fingerprint density at radius 1 is 1.29 bits per heavy atom. The molecule has 1 aromatic rings. The molecule has 0 bridgehead atoms. The number of anilines is 2. The van der Waals surface area contributed by atoms with Crippen molar-refractivity contribution in [1.29, 1.82) is 0 Å². The van der Waals surface area contributed by atoms with E-state index in [1.165, 1.54) is 12.8 Å². The molecule has 2 rings (SSSR count). The van der Waals surface area contributed by atoms with Gasteiger partial charge in [-0.25, -0.2) is 15.0 Å². The van der Waals surface area contributed by atoms with E-state index in [9.17, 15) is 0 Å². The number of rotatable bonds is 6. The van der Waals surface area contributed by atoms with Crippen LogP contribution in [0.2, 0.25) is 0 Å². The molecule has 2 N–H and O–H groups in total. The number of hydrogen-bond acceptors (Lipinski definition) is 5. The smallest absolute Gasteiger partial charge is 0.146 e. The summed E-state index contributed by atoms with van der Waals surface area (Å²) >= 11 is 0. The van der Waals surface area contributed by atoms with E-state index >= 15 is 0 Å². The molecule has 0 radical (unpaired) electrons. The standard InChI is InChI=1S/C12H21N5/c1-4-7-13-10-8-11(16-17(2)3)15-12(14-10)9-5-6-9/h8-9H,4-7H2,1-3H3,(H2,13,14,15,16). The molecule has 0 unspecified atom stereocenters. The Bertz CT molecular complexity index is 373. The molecule has 5 heteroatoms. The van der Waals surface area contributed by atoms with Crippen LogP contribution in [0.25, 0.3) is 0 Å². The SMILES string of the molecule is CCCNc1cc(NN(C)C)nc(C2CC2)n1. The van der Waals surface area contributed by atoms with Gasteiger partial charge in [-0.3, -0.25) is 0 Å². The second kappa shape index (κ2) is 5.31. The van der Waals surface area contributed by atoms with Crippen molar-refractivity contribution in [3.05, 3.63) is 11.9 Å². The third-order valence-corrected chi connectivity index (χ3v) is 2.58. The summed E-state index contributed by atoms with van der Waals surface area (Å²) in [7, 11) is 3.91. The summed E-state index contributed by atoms with van der Waals surface area (Å²) in [5, 5.41) is 5.21. The van der Waals surface area contributed by atoms with Gasteiger partial charge in [0.25, 0.3) is 0 Å². The molecule has 17 heavy (non-hydrogen) atoms. The molecule has 1 fully saturated rings. The quantitative estimate of drug-likeness (QED) is 0.739. The molecule has 0 atom stereocenters. The largest absolute Gasteiger partial charge is 0.370 e. The number of nitrogens with one attached hydrogen (secondary N) is 2. The van der Waals surface area contributed by atoms with Crippen LogP contribution in [0.3, 0.4) is 0 Å². The molecule has 5 nitrogen and oxygen atoms in total. The summed E-state index contributed by atoms with van der Waals surface area (Å²) < 4.78 is 0. The molecule has 1 saturated carbocycles. The van der Waals surface area contributed by atoms with Crippen LogP contribution >= 0.6 is 0 Å². The number of nitrogens with zero attached hydrogens (tertiary/aromatic N) is 3. The Morgan fingerprint density at radius 2 is 2.00 bits per heavy atom. The second-order valence-electron chi connectivity index (χ2n) is 4.70. The summed E-state index contributed by atoms with van der Waals surface area (Å²) in [5.74, 6) is 3.33. The van der Waals surface area contributed by atoms with Crippen LogP contribution in [0.4, 0.5) is 11.6 Å². The van der Waals surface area contributed by atoms with E-state index in [-0.39, 0.29) is 0 Å². The Hall–Kier alpha value is -1.36. The predicted molar refractivity (Wildman–Crippen MR) is 70.1 cm³/mol. The highest BCUT2D eigenvalue weighted by Gasteiger charge is 2.27. The minimum absolute atomic E-state index is 0.570. The number of hydrogen-bond donors (Lipinski definition) is 2. The Morgan fingerprint density at radius 3 is 2.59 bits per heavy atom. The van der Waals surface area contributed by atoms with Crippen LogP contribution in [0.1, 0.15) is 37.9 Å². The lowest BCUT2D eigenvalue weighted by Gasteiger charge is -2.14. The van der Waals surface area contributed by atoms with E-state index in [1.807, 2.05) is 25.2 Å². The molecular weight excluding hydrogens is 214 g/mol. The third kappa shape index (κ3) is 3.56. The van der Waals surface area contributed by atoms with E-state index in [0.717, 1.165) is 30.4 Å². The van der Waals surface area contributed by atoms with Crippen LogP contribution < -0.4 is 10.7 Å². The summed E-state index contributed by atoms with van der Waals surface area (Å²) in [6.07, 6.45) is 3.54. The van der Waals surface area contributed by atoms with E-state index in [2.05, 4.69) is 27.6 Å². The van der Waals surface area contributed by atoms with Crippen molar-refractivity contribution in [2.45, 2.75) is 32.1 Å². The second-order valence-corrected chi connectivity index (χ2v) is 4.70. The fourth-order valence-corrected chi connectivity index (χ4v) is 1.62. The zero-order valence-corrected chi connectivity index (χ0v) is 10.8. The minimum Gasteiger partial charge on any atom is -0.370 e. The summed E-state index contributed by atoms with van der Waals surface area (Å²) in [6, 6.07) is 1.96. The molecular formula is C12H21N5. The summed E-state index contributed by atoms with van der Waals surface area (Å²) in [4.78, 5) is 9.10. The fourth-order valence-electron chi connectivity index (χ4n) is 1.62. The maximum absolute atomic E-state index is 4.56. The van der Waals surface area contributed by atoms with E-state index < -0.39 is 0 Å². The molecule has 1 heterocycles. The van der Waals surface area contributed by atoms with E-state index in [4.69, 9.17) is 0 Å². The average Bonchev–Trinajstić information content (AvgIpc) is 3.08. The molecule has 0 spiro atoms. The molecule has 0 aromatic carbocycles. The molecule has 1 aliphatic carbocycles. The van der Waals surface area contributed by atoms with Crippen molar-refractivity contribution >= 4 is 11.6 Å². The molecule has 0 saturated heterocycles. The van der Waals surface area contributed by atoms with Crippen LogP contribution in [0, 0.1) is 0 Å². The number of hydrazine groups is 1. The third-order valence-electron chi connectivity index (χ3n) is 2.58. The van der Waals surface area contributed by atoms with Gasteiger partial charge in [-0.15, -0.1) is 0 Å². The first-order chi connectivity index (χ1) is 8.19. The van der Waals surface area contributed by atoms with Gasteiger partial charge in [0.15, 0.2) is 0 Å². The molecule has 1 aromatic heterocycles. The Kier molecular flexibility index (Phi) is 3.78. The molecule has 94 valence electrons. The molecule has 1 aliphatic rings. The molecule has 0 amide bonds. The van der Waals surface area contributed by atoms with Gasteiger partial charge in [-0.05, 0) is 19.3 Å². The minimum atomic E-state index is 0.570. The first kappa shape index (κ1) is 12.1. The van der Waals surface area contributed by atoms with Crippen LogP contribution in [-0.2, 0) is 0 Å². The van der Waals surface area contributed by atoms with Crippen molar-refractivity contribution in [3.63, 3.8) is 0 Å². The Balaban J connectivity index is 2.15. The summed E-state index contributed by atoms with van der Waals surface area (Å²) in [6.45, 7) is 3.09. The maximum atomic E-state index is 4.56. The van der Waals surface area contributed by atoms with Gasteiger partial charge < -0.3 is 10.7 Å². The van der Waals surface area contributed by atoms with Crippen molar-refractivity contribution in [2.24, 2.45) is 0 Å². The first-order valence-electron chi connectivity index (χ1n) is 6.26. The van der Waals surface area contributed by atoms with Gasteiger partial charge in [0.2, 0.25) is 0 Å². The fraction of sp³-hybridized carbons (Fsp3) is 0.667. The van der Waals surface area contributed by atoms with Crippen molar-refractivity contribution in [2.75, 3.05) is 31.4 Å². The van der Waals surface area contributed by atoms with Gasteiger partial charge in [-0.1, -0.05) is 6.92 Å². The van der Waals surface area contributed by atoms with Crippen molar-refractivity contribution in [1.82, 2.24) is 15.0 Å². The first-order valence-corrected chi connectivity index (χ1v) is 6.26. The zero-order chi connectivity index (χ0) is 12.3. The van der Waals surface area contributed by atoms with Gasteiger partial charge in [0, 0.05) is 32.6 Å². The topological polar surface area (TPSA) is 53.1 Å². The zero-order valence-electron chi connectivity index (χ0n) is 10.8. The number of aromatic nitrogens is 2. The van der Waals surface area contributed by atoms with Gasteiger partial charge in [-0.2, -0.15) is 0 Å². The van der Waals surface area contributed by atoms with Gasteiger partial charge in [0.05, 0.1) is 0 Å². The average molecular weight is 235 g/mol. The monoisotopic (exact) mass is 235 g/mol. The lowest BCUT2D eigenvalue weighted by molar-refractivity contribution is 0.491. The van der Waals surface area contributed by atoms with Crippen LogP contribution in [0.5, 0.6) is 0 Å². The normalized spacial score (nSPS) is 15.1. The highest BCUT2D eigenvalue weighted by Crippen LogP contribution is 2.38. The van der Waals surface area contributed by atoms with E-state index in [1.54, 1.807) is 0 Å². The maximum Gasteiger partial charge on any atom is 0.146 e. The highest BCUT2D eigenvalue weighted by molar-refractivity contribution is 5.47. The highest BCUT2D eigenvalue weighted by atomic mass is 15.5. The summed E-state index contributed by atoms with van der Waals surface area (Å²) in [5.41, 5.74) is 3.19. The predicted octanol–water partition coefficient (Wildman–Crippen LogP) is 2.06. The lowest BCUT2D eigenvalue weighted by Crippen LogP contribution is -2.21. The lowest BCUT2D eigenvalue weighted by atomic mass is 10.3. The van der Waals surface area contributed by atoms with E-state index in [0.29, 0.717) is 5.92 Å². The van der Waals surface area contributed by atoms with Crippen molar-refractivity contribution in [3.8, 4) is 0 Å². The van der Waals surface area contributed by atoms with Gasteiger partial charge in [0.1, 0.15) is 17.5 Å². The van der Waals surface area contributed by atoms with Gasteiger partial charge >= 0.3 is 0 Å². The molecule has 0 aliphatic heterocycles.